The first-order chi connectivity index (χ1) is 6.84. The van der Waals surface area contributed by atoms with Gasteiger partial charge in [0.2, 0.25) is 0 Å². The van der Waals surface area contributed by atoms with Crippen LogP contribution in [-0.2, 0) is 0 Å². The average molecular weight is 212 g/mol. The van der Waals surface area contributed by atoms with E-state index in [0.717, 1.165) is 17.8 Å². The summed E-state index contributed by atoms with van der Waals surface area (Å²) >= 11 is 0. The molecule has 0 spiro atoms. The molecule has 0 aromatic heterocycles. The van der Waals surface area contributed by atoms with Gasteiger partial charge in [0.05, 0.1) is 0 Å². The zero-order chi connectivity index (χ0) is 12.1. The van der Waals surface area contributed by atoms with E-state index in [1.54, 1.807) is 0 Å². The predicted octanol–water partition coefficient (Wildman–Crippen LogP) is 5.52. The smallest absolute Gasteiger partial charge is 0.0314 e. The molecular weight excluding hydrogens is 180 g/mol. The first-order valence-corrected chi connectivity index (χ1v) is 6.84. The molecule has 0 fully saturated rings. The van der Waals surface area contributed by atoms with Gasteiger partial charge in [0.25, 0.3) is 0 Å². The number of hydrogen-bond donors (Lipinski definition) is 0. The van der Waals surface area contributed by atoms with Crippen LogP contribution in [0.25, 0.3) is 0 Å². The van der Waals surface area contributed by atoms with Crippen molar-refractivity contribution in [3.05, 3.63) is 0 Å². The molecule has 0 heterocycles. The highest BCUT2D eigenvalue weighted by Crippen LogP contribution is 2.41. The third kappa shape index (κ3) is 5.04. The topological polar surface area (TPSA) is 0 Å². The average Bonchev–Trinajstić information content (AvgIpc) is 2.01. The maximum atomic E-state index is 2.45. The van der Waals surface area contributed by atoms with Crippen LogP contribution in [0.15, 0.2) is 0 Å². The van der Waals surface area contributed by atoms with E-state index in [9.17, 15) is 0 Å². The van der Waals surface area contributed by atoms with Crippen LogP contribution >= 0.6 is 0 Å². The largest absolute Gasteiger partial charge is 0.0654 e. The molecule has 0 N–H and O–H groups in total. The fourth-order valence-corrected chi connectivity index (χ4v) is 3.54. The van der Waals surface area contributed by atoms with Crippen molar-refractivity contribution in [2.24, 2.45) is 23.2 Å². The van der Waals surface area contributed by atoms with Crippen LogP contribution in [0.5, 0.6) is 0 Å². The molecule has 0 rings (SSSR count). The van der Waals surface area contributed by atoms with Crippen LogP contribution in [0.3, 0.4) is 0 Å². The molecule has 0 aliphatic carbocycles. The van der Waals surface area contributed by atoms with Crippen molar-refractivity contribution in [2.75, 3.05) is 0 Å². The lowest BCUT2D eigenvalue weighted by atomic mass is 9.65. The molecular formula is C15H32. The summed E-state index contributed by atoms with van der Waals surface area (Å²) in [4.78, 5) is 0. The minimum Gasteiger partial charge on any atom is -0.0654 e. The molecule has 0 aromatic rings. The molecule has 0 saturated heterocycles. The van der Waals surface area contributed by atoms with Crippen molar-refractivity contribution in [3.63, 3.8) is 0 Å². The van der Waals surface area contributed by atoms with Crippen molar-refractivity contribution in [1.29, 1.82) is 0 Å². The van der Waals surface area contributed by atoms with Crippen molar-refractivity contribution < 1.29 is 0 Å². The van der Waals surface area contributed by atoms with Crippen LogP contribution < -0.4 is 0 Å². The Labute approximate surface area is 97.8 Å². The summed E-state index contributed by atoms with van der Waals surface area (Å²) < 4.78 is 0. The Morgan fingerprint density at radius 1 is 0.800 bits per heavy atom. The van der Waals surface area contributed by atoms with Crippen LogP contribution in [0.1, 0.15) is 74.1 Å². The first kappa shape index (κ1) is 15.0. The van der Waals surface area contributed by atoms with Gasteiger partial charge < -0.3 is 0 Å². The first-order valence-electron chi connectivity index (χ1n) is 6.84. The number of rotatable bonds is 6. The summed E-state index contributed by atoms with van der Waals surface area (Å²) in [6, 6.07) is 0. The van der Waals surface area contributed by atoms with Crippen LogP contribution in [0, 0.1) is 23.2 Å². The normalized spacial score (nSPS) is 18.6. The van der Waals surface area contributed by atoms with Gasteiger partial charge in [0, 0.05) is 0 Å². The van der Waals surface area contributed by atoms with Crippen molar-refractivity contribution in [3.8, 4) is 0 Å². The third-order valence-electron chi connectivity index (χ3n) is 3.71. The zero-order valence-electron chi connectivity index (χ0n) is 12.1. The molecule has 15 heavy (non-hydrogen) atoms. The highest BCUT2D eigenvalue weighted by molar-refractivity contribution is 4.82. The van der Waals surface area contributed by atoms with E-state index >= 15 is 0 Å². The summed E-state index contributed by atoms with van der Waals surface area (Å²) in [5.41, 5.74) is 0.461. The molecule has 92 valence electrons. The van der Waals surface area contributed by atoms with E-state index in [-0.39, 0.29) is 0 Å². The number of hydrogen-bond acceptors (Lipinski definition) is 0. The zero-order valence-corrected chi connectivity index (χ0v) is 12.1. The van der Waals surface area contributed by atoms with Gasteiger partial charge in [-0.05, 0) is 23.2 Å². The molecule has 0 bridgehead atoms. The Morgan fingerprint density at radius 3 is 1.33 bits per heavy atom. The maximum Gasteiger partial charge on any atom is -0.0314 e. The quantitative estimate of drug-likeness (QED) is 0.543. The van der Waals surface area contributed by atoms with Crippen molar-refractivity contribution in [1.82, 2.24) is 0 Å². The summed E-state index contributed by atoms with van der Waals surface area (Å²) in [6.07, 6.45) is 5.42. The lowest BCUT2D eigenvalue weighted by Crippen LogP contribution is -2.32. The van der Waals surface area contributed by atoms with Gasteiger partial charge >= 0.3 is 0 Å². The maximum absolute atomic E-state index is 2.45. The van der Waals surface area contributed by atoms with E-state index in [4.69, 9.17) is 0 Å². The Hall–Kier alpha value is 0. The SMILES string of the molecule is CCCC(C)C(C(C)CCC)C(C)(C)C. The highest BCUT2D eigenvalue weighted by Gasteiger charge is 2.32. The minimum atomic E-state index is 0.461. The van der Waals surface area contributed by atoms with Gasteiger partial charge in [-0.3, -0.25) is 0 Å². The van der Waals surface area contributed by atoms with Gasteiger partial charge in [0.1, 0.15) is 0 Å². The van der Waals surface area contributed by atoms with E-state index in [0.29, 0.717) is 5.41 Å². The van der Waals surface area contributed by atoms with Crippen LogP contribution in [0.4, 0.5) is 0 Å². The second-order valence-corrected chi connectivity index (χ2v) is 6.42. The molecule has 2 atom stereocenters. The summed E-state index contributed by atoms with van der Waals surface area (Å²) in [5.74, 6) is 2.62. The van der Waals surface area contributed by atoms with Crippen LogP contribution in [0.2, 0.25) is 0 Å². The fraction of sp³-hybridized carbons (Fsp3) is 1.00. The third-order valence-corrected chi connectivity index (χ3v) is 3.71. The van der Waals surface area contributed by atoms with Crippen LogP contribution in [-0.4, -0.2) is 0 Å². The minimum absolute atomic E-state index is 0.461. The Morgan fingerprint density at radius 2 is 1.13 bits per heavy atom. The molecule has 0 heteroatoms. The fourth-order valence-electron chi connectivity index (χ4n) is 3.54. The summed E-state index contributed by atoms with van der Waals surface area (Å²) in [6.45, 7) is 16.8. The van der Waals surface area contributed by atoms with E-state index < -0.39 is 0 Å². The Kier molecular flexibility index (Phi) is 6.55. The van der Waals surface area contributed by atoms with E-state index in [2.05, 4.69) is 48.5 Å². The molecule has 2 unspecified atom stereocenters. The van der Waals surface area contributed by atoms with Gasteiger partial charge in [-0.15, -0.1) is 0 Å². The highest BCUT2D eigenvalue weighted by atomic mass is 14.4. The monoisotopic (exact) mass is 212 g/mol. The van der Waals surface area contributed by atoms with Gasteiger partial charge in [-0.1, -0.05) is 74.1 Å². The second-order valence-electron chi connectivity index (χ2n) is 6.42. The molecule has 0 amide bonds. The molecule has 0 nitrogen and oxygen atoms in total. The molecule has 0 aliphatic heterocycles. The van der Waals surface area contributed by atoms with Crippen molar-refractivity contribution in [2.45, 2.75) is 74.1 Å². The van der Waals surface area contributed by atoms with Gasteiger partial charge in [-0.2, -0.15) is 0 Å². The van der Waals surface area contributed by atoms with E-state index in [1.165, 1.54) is 25.7 Å². The molecule has 0 saturated carbocycles. The summed E-state index contributed by atoms with van der Waals surface area (Å²) in [5, 5.41) is 0. The Bertz CT molecular complexity index is 140. The van der Waals surface area contributed by atoms with Gasteiger partial charge in [-0.25, -0.2) is 0 Å². The van der Waals surface area contributed by atoms with Gasteiger partial charge in [0.15, 0.2) is 0 Å². The Balaban J connectivity index is 4.57. The molecule has 0 aliphatic rings. The summed E-state index contributed by atoms with van der Waals surface area (Å²) in [7, 11) is 0. The molecule has 0 aromatic carbocycles. The lowest BCUT2D eigenvalue weighted by Gasteiger charge is -2.40. The standard InChI is InChI=1S/C15H32/c1-8-10-12(3)14(15(5,6)7)13(4)11-9-2/h12-14H,8-11H2,1-7H3. The van der Waals surface area contributed by atoms with Crippen molar-refractivity contribution >= 4 is 0 Å². The molecule has 0 radical (unpaired) electrons. The lowest BCUT2D eigenvalue weighted by molar-refractivity contribution is 0.0945. The predicted molar refractivity (Wildman–Crippen MR) is 71.1 cm³/mol. The van der Waals surface area contributed by atoms with E-state index in [1.807, 2.05) is 0 Å². The second kappa shape index (κ2) is 6.55.